The third kappa shape index (κ3) is 3.09. The van der Waals surface area contributed by atoms with E-state index >= 15 is 0 Å². The van der Waals surface area contributed by atoms with Gasteiger partial charge in [-0.15, -0.1) is 0 Å². The third-order valence-electron chi connectivity index (χ3n) is 2.60. The van der Waals surface area contributed by atoms with Crippen LogP contribution in [0.3, 0.4) is 0 Å². The summed E-state index contributed by atoms with van der Waals surface area (Å²) in [7, 11) is 0. The van der Waals surface area contributed by atoms with Gasteiger partial charge in [0.1, 0.15) is 0 Å². The van der Waals surface area contributed by atoms with Crippen molar-refractivity contribution in [3.63, 3.8) is 0 Å². The zero-order valence-corrected chi connectivity index (χ0v) is 12.3. The Bertz CT molecular complexity index is 360. The van der Waals surface area contributed by atoms with Crippen LogP contribution in [-0.4, -0.2) is 25.2 Å². The number of benzene rings is 2. The summed E-state index contributed by atoms with van der Waals surface area (Å²) in [5, 5.41) is 0. The van der Waals surface area contributed by atoms with Crippen LogP contribution in [-0.2, 0) is 0 Å². The van der Waals surface area contributed by atoms with E-state index in [4.69, 9.17) is 0 Å². The van der Waals surface area contributed by atoms with Crippen LogP contribution < -0.4 is 7.16 Å². The molecule has 1 N–H and O–H groups in total. The summed E-state index contributed by atoms with van der Waals surface area (Å²) < 4.78 is 4.55. The Morgan fingerprint density at radius 3 is 1.44 bits per heavy atom. The van der Waals surface area contributed by atoms with E-state index in [2.05, 4.69) is 67.6 Å². The SMILES string of the molecule is C[CH2][Sn+]([c]1ccccc1)[c]1ccccc1.[OH-]. The number of rotatable bonds is 3. The standard InChI is InChI=1S/2C6H5.C2H5.H2O.Sn/c2*1-2-4-6-5-3-1;1-2;;/h2*1-5H;1H2,2H3;1H2;/q;;;;+1/p-1. The van der Waals surface area contributed by atoms with Crippen molar-refractivity contribution in [3.8, 4) is 0 Å². The first kappa shape index (κ1) is 13.3. The Morgan fingerprint density at radius 1 is 0.750 bits per heavy atom. The van der Waals surface area contributed by atoms with Gasteiger partial charge in [-0.2, -0.15) is 0 Å². The van der Waals surface area contributed by atoms with Crippen LogP contribution in [0.15, 0.2) is 60.7 Å². The molecule has 0 fully saturated rings. The van der Waals surface area contributed by atoms with Crippen molar-refractivity contribution >= 4 is 26.9 Å². The van der Waals surface area contributed by atoms with Crippen LogP contribution in [0.4, 0.5) is 0 Å². The van der Waals surface area contributed by atoms with Gasteiger partial charge in [0, 0.05) is 0 Å². The molecule has 0 aromatic heterocycles. The molecule has 0 saturated heterocycles. The summed E-state index contributed by atoms with van der Waals surface area (Å²) in [5.41, 5.74) is 0. The molecule has 2 rings (SSSR count). The van der Waals surface area contributed by atoms with E-state index in [0.717, 1.165) is 0 Å². The van der Waals surface area contributed by atoms with Crippen LogP contribution in [0.25, 0.3) is 0 Å². The minimum absolute atomic E-state index is 0. The second-order valence-electron chi connectivity index (χ2n) is 3.56. The monoisotopic (exact) mass is 320 g/mol. The van der Waals surface area contributed by atoms with Gasteiger partial charge in [0.25, 0.3) is 0 Å². The Morgan fingerprint density at radius 2 is 1.12 bits per heavy atom. The molecular formula is C14H16OSn. The first-order valence-electron chi connectivity index (χ1n) is 5.38. The predicted octanol–water partition coefficient (Wildman–Crippen LogP) is 2.14. The smallest absolute Gasteiger partial charge is 0.870 e. The molecule has 0 bridgehead atoms. The van der Waals surface area contributed by atoms with Crippen molar-refractivity contribution in [1.29, 1.82) is 0 Å². The summed E-state index contributed by atoms with van der Waals surface area (Å²) in [6.45, 7) is 2.33. The second-order valence-corrected chi connectivity index (χ2v) is 11.6. The molecule has 0 saturated carbocycles. The molecule has 0 aliphatic carbocycles. The van der Waals surface area contributed by atoms with Gasteiger partial charge in [-0.25, -0.2) is 0 Å². The van der Waals surface area contributed by atoms with Gasteiger partial charge in [-0.1, -0.05) is 0 Å². The maximum Gasteiger partial charge on any atom is -0.870 e. The molecule has 0 radical (unpaired) electrons. The quantitative estimate of drug-likeness (QED) is 0.797. The van der Waals surface area contributed by atoms with Crippen molar-refractivity contribution in [2.75, 3.05) is 0 Å². The maximum absolute atomic E-state index is 2.33. The molecule has 0 atom stereocenters. The van der Waals surface area contributed by atoms with Crippen LogP contribution >= 0.6 is 0 Å². The Hall–Kier alpha value is -0.801. The molecule has 2 aromatic rings. The number of hydrogen-bond acceptors (Lipinski definition) is 1. The largest absolute Gasteiger partial charge is 0.870 e. The molecule has 1 nitrogen and oxygen atoms in total. The van der Waals surface area contributed by atoms with Gasteiger partial charge in [0.05, 0.1) is 0 Å². The van der Waals surface area contributed by atoms with E-state index in [1.165, 1.54) is 4.44 Å². The topological polar surface area (TPSA) is 30.0 Å². The van der Waals surface area contributed by atoms with Gasteiger partial charge in [-0.05, 0) is 0 Å². The van der Waals surface area contributed by atoms with Gasteiger partial charge in [0.15, 0.2) is 0 Å². The van der Waals surface area contributed by atoms with Crippen molar-refractivity contribution in [1.82, 2.24) is 0 Å². The second kappa shape index (κ2) is 6.71. The van der Waals surface area contributed by atoms with E-state index in [9.17, 15) is 0 Å². The molecule has 0 heterocycles. The van der Waals surface area contributed by atoms with Crippen LogP contribution in [0.5, 0.6) is 0 Å². The molecule has 0 aliphatic heterocycles. The van der Waals surface area contributed by atoms with Crippen molar-refractivity contribution in [2.45, 2.75) is 11.4 Å². The van der Waals surface area contributed by atoms with Crippen LogP contribution in [0.1, 0.15) is 6.92 Å². The molecule has 0 amide bonds. The zero-order valence-electron chi connectivity index (χ0n) is 9.43. The summed E-state index contributed by atoms with van der Waals surface area (Å²) in [5.74, 6) is 0. The van der Waals surface area contributed by atoms with E-state index in [0.29, 0.717) is 0 Å². The fourth-order valence-corrected chi connectivity index (χ4v) is 8.53. The minimum Gasteiger partial charge on any atom is -0.870 e. The molecule has 0 unspecified atom stereocenters. The van der Waals surface area contributed by atoms with Crippen LogP contribution in [0, 0.1) is 0 Å². The van der Waals surface area contributed by atoms with E-state index in [1.807, 2.05) is 0 Å². The Balaban J connectivity index is 0.00000128. The molecule has 0 aliphatic rings. The maximum atomic E-state index is 2.33. The summed E-state index contributed by atoms with van der Waals surface area (Å²) in [6, 6.07) is 22.0. The van der Waals surface area contributed by atoms with E-state index < -0.39 is 19.8 Å². The molecule has 0 spiro atoms. The summed E-state index contributed by atoms with van der Waals surface area (Å²) >= 11 is -1.54. The van der Waals surface area contributed by atoms with E-state index in [1.54, 1.807) is 7.16 Å². The first-order valence-corrected chi connectivity index (χ1v) is 10.3. The fraction of sp³-hybridized carbons (Fsp3) is 0.143. The summed E-state index contributed by atoms with van der Waals surface area (Å²) in [4.78, 5) is 0. The molecule has 82 valence electrons. The predicted molar refractivity (Wildman–Crippen MR) is 70.3 cm³/mol. The van der Waals surface area contributed by atoms with Gasteiger partial charge in [0.2, 0.25) is 0 Å². The molecule has 2 heteroatoms. The van der Waals surface area contributed by atoms with E-state index in [-0.39, 0.29) is 5.48 Å². The third-order valence-corrected chi connectivity index (χ3v) is 10.5. The van der Waals surface area contributed by atoms with Gasteiger partial charge in [-0.3, -0.25) is 0 Å². The van der Waals surface area contributed by atoms with Crippen molar-refractivity contribution < 1.29 is 5.48 Å². The van der Waals surface area contributed by atoms with Crippen molar-refractivity contribution in [3.05, 3.63) is 60.7 Å². The van der Waals surface area contributed by atoms with Gasteiger partial charge >= 0.3 is 98.9 Å². The first-order chi connectivity index (χ1) is 7.42. The van der Waals surface area contributed by atoms with Crippen molar-refractivity contribution in [2.24, 2.45) is 0 Å². The zero-order chi connectivity index (χ0) is 10.5. The molecule has 2 aromatic carbocycles. The summed E-state index contributed by atoms with van der Waals surface area (Å²) in [6.07, 6.45) is 0. The van der Waals surface area contributed by atoms with Crippen LogP contribution in [0.2, 0.25) is 4.44 Å². The Labute approximate surface area is 104 Å². The average Bonchev–Trinajstić information content (AvgIpc) is 2.33. The fourth-order valence-electron chi connectivity index (χ4n) is 1.85. The minimum atomic E-state index is -1.54. The Kier molecular flexibility index (Phi) is 5.56. The molecular weight excluding hydrogens is 303 g/mol. The van der Waals surface area contributed by atoms with Gasteiger partial charge < -0.3 is 5.48 Å². The number of hydrogen-bond donors (Lipinski definition) is 0. The normalized spacial score (nSPS) is 9.31. The average molecular weight is 319 g/mol. The molecule has 16 heavy (non-hydrogen) atoms.